The number of anilines is 2. The van der Waals surface area contributed by atoms with Crippen LogP contribution in [-0.2, 0) is 14.3 Å². The van der Waals surface area contributed by atoms with Crippen LogP contribution in [0.3, 0.4) is 0 Å². The molecule has 0 atom stereocenters. The van der Waals surface area contributed by atoms with Gasteiger partial charge >= 0.3 is 5.97 Å². The minimum atomic E-state index is -0.703. The van der Waals surface area contributed by atoms with Crippen molar-refractivity contribution in [3.63, 3.8) is 0 Å². The maximum Gasteiger partial charge on any atom is 0.350 e. The highest BCUT2D eigenvalue weighted by atomic mass is 35.5. The Morgan fingerprint density at radius 1 is 1.18 bits per heavy atom. The van der Waals surface area contributed by atoms with Crippen molar-refractivity contribution in [2.75, 3.05) is 23.4 Å². The first kappa shape index (κ1) is 18.7. The molecule has 1 N–H and O–H groups in total. The number of fused-ring (bicyclic) bond motifs is 2. The Kier molecular flexibility index (Phi) is 4.97. The summed E-state index contributed by atoms with van der Waals surface area (Å²) in [5.74, 6) is -1.52. The van der Waals surface area contributed by atoms with E-state index in [1.54, 1.807) is 42.5 Å². The second-order valence-electron chi connectivity index (χ2n) is 6.01. The zero-order valence-corrected chi connectivity index (χ0v) is 16.5. The Morgan fingerprint density at radius 3 is 2.79 bits per heavy atom. The molecule has 3 aromatic rings. The summed E-state index contributed by atoms with van der Waals surface area (Å²) in [4.78, 5) is 38.3. The van der Waals surface area contributed by atoms with E-state index in [0.29, 0.717) is 21.8 Å². The minimum absolute atomic E-state index is 0.143. The van der Waals surface area contributed by atoms with Crippen molar-refractivity contribution in [3.8, 4) is 0 Å². The first-order chi connectivity index (χ1) is 13.4. The van der Waals surface area contributed by atoms with Gasteiger partial charge in [0.2, 0.25) is 5.91 Å². The molecule has 1 aliphatic rings. The maximum absolute atomic E-state index is 12.6. The molecule has 0 radical (unpaired) electrons. The zero-order valence-electron chi connectivity index (χ0n) is 14.2. The third-order valence-electron chi connectivity index (χ3n) is 4.18. The fourth-order valence-corrected chi connectivity index (χ4v) is 4.57. The molecule has 0 saturated heterocycles. The molecule has 4 rings (SSSR count). The summed E-state index contributed by atoms with van der Waals surface area (Å²) >= 11 is 13.4. The van der Waals surface area contributed by atoms with Crippen LogP contribution in [0, 0.1) is 0 Å². The number of nitrogens with one attached hydrogen (secondary N) is 1. The smallest absolute Gasteiger partial charge is 0.350 e. The summed E-state index contributed by atoms with van der Waals surface area (Å²) in [6.07, 6.45) is 0. The van der Waals surface area contributed by atoms with Gasteiger partial charge in [0, 0.05) is 15.1 Å². The number of hydrogen-bond donors (Lipinski definition) is 1. The van der Waals surface area contributed by atoms with Crippen LogP contribution in [-0.4, -0.2) is 30.9 Å². The lowest BCUT2D eigenvalue weighted by atomic mass is 10.2. The average Bonchev–Trinajstić information content (AvgIpc) is 3.01. The number of rotatable bonds is 3. The highest BCUT2D eigenvalue weighted by Crippen LogP contribution is 2.37. The molecule has 0 spiro atoms. The number of para-hydroxylation sites is 2. The number of benzene rings is 2. The lowest BCUT2D eigenvalue weighted by Gasteiger charge is -2.28. The van der Waals surface area contributed by atoms with Gasteiger partial charge in [0.1, 0.15) is 11.4 Å². The predicted octanol–water partition coefficient (Wildman–Crippen LogP) is 4.35. The van der Waals surface area contributed by atoms with Gasteiger partial charge in [-0.25, -0.2) is 4.79 Å². The molecule has 0 bridgehead atoms. The Bertz CT molecular complexity index is 1130. The molecule has 9 heteroatoms. The molecular weight excluding hydrogens is 423 g/mol. The van der Waals surface area contributed by atoms with Crippen LogP contribution >= 0.6 is 34.5 Å². The molecule has 0 saturated carbocycles. The van der Waals surface area contributed by atoms with Crippen LogP contribution in [0.4, 0.5) is 11.4 Å². The van der Waals surface area contributed by atoms with E-state index in [-0.39, 0.29) is 22.4 Å². The molecular formula is C19H12Cl2N2O4S. The van der Waals surface area contributed by atoms with Gasteiger partial charge in [-0.3, -0.25) is 14.5 Å². The molecule has 2 amide bonds. The third-order valence-corrected chi connectivity index (χ3v) is 6.05. The maximum atomic E-state index is 12.6. The summed E-state index contributed by atoms with van der Waals surface area (Å²) < 4.78 is 5.91. The predicted molar refractivity (Wildman–Crippen MR) is 110 cm³/mol. The number of carbonyl (C=O) groups excluding carboxylic acids is 3. The lowest BCUT2D eigenvalue weighted by molar-refractivity contribution is -0.124. The molecule has 0 fully saturated rings. The standard InChI is InChI=1S/C19H12Cl2N2O4S/c20-10-5-6-11-14(7-10)28-18(17(11)21)19(26)27-9-16(25)23-8-15(24)22-12-3-1-2-4-13(12)23/h1-7H,8-9H2,(H,22,24). The van der Waals surface area contributed by atoms with Crippen molar-refractivity contribution >= 4 is 73.8 Å². The Morgan fingerprint density at radius 2 is 1.96 bits per heavy atom. The fraction of sp³-hybridized carbons (Fsp3) is 0.105. The van der Waals surface area contributed by atoms with Gasteiger partial charge in [0.15, 0.2) is 6.61 Å². The first-order valence-electron chi connectivity index (χ1n) is 8.18. The third kappa shape index (κ3) is 3.44. The van der Waals surface area contributed by atoms with Crippen LogP contribution in [0.1, 0.15) is 9.67 Å². The fourth-order valence-electron chi connectivity index (χ4n) is 2.90. The van der Waals surface area contributed by atoms with Crippen molar-refractivity contribution in [2.45, 2.75) is 0 Å². The molecule has 0 unspecified atom stereocenters. The minimum Gasteiger partial charge on any atom is -0.451 e. The van der Waals surface area contributed by atoms with Gasteiger partial charge in [-0.1, -0.05) is 41.4 Å². The van der Waals surface area contributed by atoms with Gasteiger partial charge < -0.3 is 10.1 Å². The van der Waals surface area contributed by atoms with Crippen molar-refractivity contribution in [3.05, 3.63) is 57.4 Å². The summed E-state index contributed by atoms with van der Waals surface area (Å²) in [5.41, 5.74) is 1.08. The van der Waals surface area contributed by atoms with E-state index >= 15 is 0 Å². The SMILES string of the molecule is O=C1CN(C(=O)COC(=O)c2sc3cc(Cl)ccc3c2Cl)c2ccccc2N1. The molecule has 142 valence electrons. The quantitative estimate of drug-likeness (QED) is 0.621. The summed E-state index contributed by atoms with van der Waals surface area (Å²) in [6, 6.07) is 12.0. The van der Waals surface area contributed by atoms with Gasteiger partial charge in [-0.05, 0) is 24.3 Å². The molecule has 1 aromatic heterocycles. The molecule has 2 aromatic carbocycles. The molecule has 28 heavy (non-hydrogen) atoms. The highest BCUT2D eigenvalue weighted by Gasteiger charge is 2.28. The van der Waals surface area contributed by atoms with Gasteiger partial charge in [-0.2, -0.15) is 0 Å². The normalized spacial score (nSPS) is 13.2. The average molecular weight is 435 g/mol. The van der Waals surface area contributed by atoms with E-state index in [0.717, 1.165) is 16.0 Å². The van der Waals surface area contributed by atoms with Crippen LogP contribution in [0.2, 0.25) is 10.0 Å². The van der Waals surface area contributed by atoms with Gasteiger partial charge in [-0.15, -0.1) is 11.3 Å². The summed E-state index contributed by atoms with van der Waals surface area (Å²) in [7, 11) is 0. The second-order valence-corrected chi connectivity index (χ2v) is 7.87. The lowest BCUT2D eigenvalue weighted by Crippen LogP contribution is -2.44. The van der Waals surface area contributed by atoms with Crippen molar-refractivity contribution < 1.29 is 19.1 Å². The van der Waals surface area contributed by atoms with E-state index in [9.17, 15) is 14.4 Å². The van der Waals surface area contributed by atoms with E-state index in [2.05, 4.69) is 5.32 Å². The Hall–Kier alpha value is -2.61. The molecule has 6 nitrogen and oxygen atoms in total. The number of amides is 2. The van der Waals surface area contributed by atoms with E-state index in [1.165, 1.54) is 4.90 Å². The number of nitrogens with zero attached hydrogens (tertiary/aromatic N) is 1. The Balaban J connectivity index is 1.50. The van der Waals surface area contributed by atoms with E-state index in [4.69, 9.17) is 27.9 Å². The van der Waals surface area contributed by atoms with E-state index in [1.807, 2.05) is 0 Å². The summed E-state index contributed by atoms with van der Waals surface area (Å²) in [6.45, 7) is -0.651. The Labute approximate surface area is 173 Å². The number of halogens is 2. The van der Waals surface area contributed by atoms with Gasteiger partial charge in [0.25, 0.3) is 5.91 Å². The number of thiophene rings is 1. The first-order valence-corrected chi connectivity index (χ1v) is 9.75. The van der Waals surface area contributed by atoms with Crippen LogP contribution in [0.5, 0.6) is 0 Å². The van der Waals surface area contributed by atoms with Gasteiger partial charge in [0.05, 0.1) is 16.4 Å². The van der Waals surface area contributed by atoms with E-state index < -0.39 is 18.5 Å². The number of esters is 1. The van der Waals surface area contributed by atoms with Crippen molar-refractivity contribution in [2.24, 2.45) is 0 Å². The van der Waals surface area contributed by atoms with Crippen molar-refractivity contribution in [1.82, 2.24) is 0 Å². The topological polar surface area (TPSA) is 75.7 Å². The summed E-state index contributed by atoms with van der Waals surface area (Å²) in [5, 5.41) is 4.18. The molecule has 0 aliphatic carbocycles. The van der Waals surface area contributed by atoms with Crippen LogP contribution in [0.15, 0.2) is 42.5 Å². The largest absolute Gasteiger partial charge is 0.451 e. The zero-order chi connectivity index (χ0) is 19.8. The second kappa shape index (κ2) is 7.43. The monoisotopic (exact) mass is 434 g/mol. The van der Waals surface area contributed by atoms with Crippen LogP contribution < -0.4 is 10.2 Å². The van der Waals surface area contributed by atoms with Crippen molar-refractivity contribution in [1.29, 1.82) is 0 Å². The number of ether oxygens (including phenoxy) is 1. The number of carbonyl (C=O) groups is 3. The highest BCUT2D eigenvalue weighted by molar-refractivity contribution is 7.21. The van der Waals surface area contributed by atoms with Crippen LogP contribution in [0.25, 0.3) is 10.1 Å². The molecule has 1 aliphatic heterocycles. The number of hydrogen-bond acceptors (Lipinski definition) is 5. The molecule has 2 heterocycles.